The summed E-state index contributed by atoms with van der Waals surface area (Å²) in [5.41, 5.74) is 6.73. The van der Waals surface area contributed by atoms with Crippen LogP contribution in [-0.4, -0.2) is 18.0 Å². The number of benzene rings is 1. The van der Waals surface area contributed by atoms with Crippen molar-refractivity contribution in [3.8, 4) is 0 Å². The second kappa shape index (κ2) is 6.19. The zero-order valence-electron chi connectivity index (χ0n) is 11.2. The molecule has 0 atom stereocenters. The number of hydrogen-bond donors (Lipinski definition) is 1. The van der Waals surface area contributed by atoms with Crippen molar-refractivity contribution in [1.29, 1.82) is 0 Å². The molecule has 0 aliphatic heterocycles. The molecule has 1 aliphatic carbocycles. The number of nitrogen functional groups attached to an aromatic ring is 1. The van der Waals surface area contributed by atoms with Gasteiger partial charge in [0, 0.05) is 12.6 Å². The molecule has 1 aliphatic rings. The number of nitrogens with zero attached hydrogens (tertiary/aromatic N) is 1. The van der Waals surface area contributed by atoms with Gasteiger partial charge in [-0.3, -0.25) is 4.90 Å². The Kier molecular flexibility index (Phi) is 4.59. The zero-order chi connectivity index (χ0) is 13.0. The summed E-state index contributed by atoms with van der Waals surface area (Å²) in [7, 11) is 2.14. The minimum absolute atomic E-state index is 0.232. The highest BCUT2D eigenvalue weighted by molar-refractivity contribution is 5.41. The molecule has 2 N–H and O–H groups in total. The second-order valence-corrected chi connectivity index (χ2v) is 5.42. The highest BCUT2D eigenvalue weighted by atomic mass is 19.1. The van der Waals surface area contributed by atoms with Crippen LogP contribution in [0.25, 0.3) is 0 Å². The summed E-state index contributed by atoms with van der Waals surface area (Å²) in [6.45, 7) is 0.807. The third-order valence-electron chi connectivity index (χ3n) is 3.94. The van der Waals surface area contributed by atoms with E-state index in [1.165, 1.54) is 38.5 Å². The summed E-state index contributed by atoms with van der Waals surface area (Å²) in [4.78, 5) is 2.36. The molecule has 1 aromatic carbocycles. The van der Waals surface area contributed by atoms with E-state index < -0.39 is 0 Å². The van der Waals surface area contributed by atoms with Crippen LogP contribution in [0, 0.1) is 5.82 Å². The van der Waals surface area contributed by atoms with Gasteiger partial charge in [0.05, 0.1) is 5.69 Å². The average Bonchev–Trinajstić information content (AvgIpc) is 2.62. The molecule has 1 saturated carbocycles. The second-order valence-electron chi connectivity index (χ2n) is 5.42. The molecule has 0 radical (unpaired) electrons. The fourth-order valence-electron chi connectivity index (χ4n) is 2.78. The van der Waals surface area contributed by atoms with E-state index in [9.17, 15) is 4.39 Å². The predicted octanol–water partition coefficient (Wildman–Crippen LogP) is 3.56. The molecule has 1 fully saturated rings. The minimum Gasteiger partial charge on any atom is -0.396 e. The van der Waals surface area contributed by atoms with Crippen LogP contribution in [0.4, 0.5) is 10.1 Å². The fourth-order valence-corrected chi connectivity index (χ4v) is 2.78. The molecule has 0 saturated heterocycles. The number of hydrogen-bond acceptors (Lipinski definition) is 2. The summed E-state index contributed by atoms with van der Waals surface area (Å²) in [6.07, 6.45) is 7.92. The summed E-state index contributed by atoms with van der Waals surface area (Å²) >= 11 is 0. The van der Waals surface area contributed by atoms with Crippen molar-refractivity contribution in [2.45, 2.75) is 51.1 Å². The van der Waals surface area contributed by atoms with E-state index in [-0.39, 0.29) is 11.5 Å². The first-order chi connectivity index (χ1) is 8.66. The van der Waals surface area contributed by atoms with E-state index >= 15 is 0 Å². The maximum Gasteiger partial charge on any atom is 0.146 e. The van der Waals surface area contributed by atoms with Gasteiger partial charge in [0.25, 0.3) is 0 Å². The first-order valence-corrected chi connectivity index (χ1v) is 6.91. The van der Waals surface area contributed by atoms with Crippen molar-refractivity contribution in [3.63, 3.8) is 0 Å². The summed E-state index contributed by atoms with van der Waals surface area (Å²) in [5.74, 6) is -0.304. The lowest BCUT2D eigenvalue weighted by Gasteiger charge is -2.27. The third-order valence-corrected chi connectivity index (χ3v) is 3.94. The van der Waals surface area contributed by atoms with Crippen molar-refractivity contribution >= 4 is 5.69 Å². The first-order valence-electron chi connectivity index (χ1n) is 6.91. The van der Waals surface area contributed by atoms with Gasteiger partial charge in [0.1, 0.15) is 5.82 Å². The molecule has 3 heteroatoms. The number of nitrogens with two attached hydrogens (primary N) is 1. The van der Waals surface area contributed by atoms with E-state index in [1.807, 2.05) is 6.07 Å². The van der Waals surface area contributed by atoms with Gasteiger partial charge in [-0.2, -0.15) is 0 Å². The van der Waals surface area contributed by atoms with Crippen LogP contribution in [0.2, 0.25) is 0 Å². The molecule has 0 spiro atoms. The van der Waals surface area contributed by atoms with Gasteiger partial charge >= 0.3 is 0 Å². The van der Waals surface area contributed by atoms with E-state index in [4.69, 9.17) is 5.73 Å². The van der Waals surface area contributed by atoms with Crippen molar-refractivity contribution < 1.29 is 4.39 Å². The lowest BCUT2D eigenvalue weighted by Crippen LogP contribution is -2.30. The number of anilines is 1. The highest BCUT2D eigenvalue weighted by Gasteiger charge is 2.17. The van der Waals surface area contributed by atoms with Crippen LogP contribution in [-0.2, 0) is 6.54 Å². The van der Waals surface area contributed by atoms with Gasteiger partial charge in [-0.1, -0.05) is 31.7 Å². The molecule has 18 heavy (non-hydrogen) atoms. The first kappa shape index (κ1) is 13.3. The zero-order valence-corrected chi connectivity index (χ0v) is 11.2. The van der Waals surface area contributed by atoms with Crippen LogP contribution in [0.15, 0.2) is 18.2 Å². The molecule has 0 bridgehead atoms. The summed E-state index contributed by atoms with van der Waals surface area (Å²) < 4.78 is 13.4. The fraction of sp³-hybridized carbons (Fsp3) is 0.600. The maximum absolute atomic E-state index is 13.4. The molecule has 0 amide bonds. The van der Waals surface area contributed by atoms with Gasteiger partial charge in [-0.15, -0.1) is 0 Å². The Hall–Kier alpha value is -1.09. The van der Waals surface area contributed by atoms with Crippen molar-refractivity contribution in [2.75, 3.05) is 12.8 Å². The normalized spacial score (nSPS) is 17.9. The maximum atomic E-state index is 13.4. The molecule has 2 nitrogen and oxygen atoms in total. The van der Waals surface area contributed by atoms with Crippen molar-refractivity contribution in [1.82, 2.24) is 4.90 Å². The van der Waals surface area contributed by atoms with E-state index in [0.717, 1.165) is 12.1 Å². The molecular formula is C15H23FN2. The van der Waals surface area contributed by atoms with Gasteiger partial charge in [0.15, 0.2) is 0 Å². The van der Waals surface area contributed by atoms with Gasteiger partial charge in [0.2, 0.25) is 0 Å². The lowest BCUT2D eigenvalue weighted by atomic mass is 10.1. The van der Waals surface area contributed by atoms with Gasteiger partial charge < -0.3 is 5.73 Å². The van der Waals surface area contributed by atoms with Crippen molar-refractivity contribution in [3.05, 3.63) is 29.6 Å². The average molecular weight is 250 g/mol. The third kappa shape index (κ3) is 3.45. The molecular weight excluding hydrogens is 227 g/mol. The molecule has 100 valence electrons. The Bertz CT molecular complexity index is 384. The van der Waals surface area contributed by atoms with Gasteiger partial charge in [-0.25, -0.2) is 4.39 Å². The Morgan fingerprint density at radius 2 is 1.89 bits per heavy atom. The predicted molar refractivity (Wildman–Crippen MR) is 73.8 cm³/mol. The smallest absolute Gasteiger partial charge is 0.146 e. The van der Waals surface area contributed by atoms with Crippen molar-refractivity contribution in [2.24, 2.45) is 0 Å². The van der Waals surface area contributed by atoms with E-state index in [1.54, 1.807) is 12.1 Å². The molecule has 2 rings (SSSR count). The quantitative estimate of drug-likeness (QED) is 0.656. The SMILES string of the molecule is CN(Cc1ccc(N)c(F)c1)C1CCCCCC1. The molecule has 0 unspecified atom stereocenters. The van der Waals surface area contributed by atoms with Crippen LogP contribution >= 0.6 is 0 Å². The Morgan fingerprint density at radius 3 is 2.50 bits per heavy atom. The van der Waals surface area contributed by atoms with E-state index in [2.05, 4.69) is 11.9 Å². The molecule has 0 heterocycles. The lowest BCUT2D eigenvalue weighted by molar-refractivity contribution is 0.213. The topological polar surface area (TPSA) is 29.3 Å². The molecule has 0 aromatic heterocycles. The van der Waals surface area contributed by atoms with E-state index in [0.29, 0.717) is 6.04 Å². The van der Waals surface area contributed by atoms with Crippen LogP contribution in [0.1, 0.15) is 44.1 Å². The van der Waals surface area contributed by atoms with Gasteiger partial charge in [-0.05, 0) is 37.6 Å². The standard InChI is InChI=1S/C15H23FN2/c1-18(13-6-4-2-3-5-7-13)11-12-8-9-15(17)14(16)10-12/h8-10,13H,2-7,11,17H2,1H3. The Labute approximate surface area is 109 Å². The highest BCUT2D eigenvalue weighted by Crippen LogP contribution is 2.22. The minimum atomic E-state index is -0.304. The summed E-state index contributed by atoms with van der Waals surface area (Å²) in [5, 5.41) is 0. The number of rotatable bonds is 3. The molecule has 1 aromatic rings. The summed E-state index contributed by atoms with van der Waals surface area (Å²) in [6, 6.07) is 5.79. The van der Waals surface area contributed by atoms with Crippen LogP contribution in [0.5, 0.6) is 0 Å². The Balaban J connectivity index is 1.96. The number of halogens is 1. The van der Waals surface area contributed by atoms with Crippen LogP contribution < -0.4 is 5.73 Å². The monoisotopic (exact) mass is 250 g/mol. The largest absolute Gasteiger partial charge is 0.396 e. The Morgan fingerprint density at radius 1 is 1.22 bits per heavy atom. The van der Waals surface area contributed by atoms with Crippen LogP contribution in [0.3, 0.4) is 0 Å².